The van der Waals surface area contributed by atoms with Crippen LogP contribution in [0.15, 0.2) is 0 Å². The van der Waals surface area contributed by atoms with Crippen molar-refractivity contribution in [2.45, 2.75) is 26.3 Å². The third-order valence-electron chi connectivity index (χ3n) is 3.18. The number of nitrogens with two attached hydrogens (primary N) is 1. The van der Waals surface area contributed by atoms with Crippen LogP contribution in [0.4, 0.5) is 0 Å². The fourth-order valence-corrected chi connectivity index (χ4v) is 1.99. The Kier molecular flexibility index (Phi) is 6.07. The number of piperazine rings is 1. The van der Waals surface area contributed by atoms with Crippen LogP contribution in [-0.4, -0.2) is 66.9 Å². The van der Waals surface area contributed by atoms with Gasteiger partial charge in [-0.1, -0.05) is 6.92 Å². The van der Waals surface area contributed by atoms with Gasteiger partial charge in [0.15, 0.2) is 0 Å². The quantitative estimate of drug-likeness (QED) is 0.661. The van der Waals surface area contributed by atoms with E-state index in [9.17, 15) is 9.59 Å². The molecular formula is C12H24N4O2. The van der Waals surface area contributed by atoms with Crippen molar-refractivity contribution in [1.82, 2.24) is 15.1 Å². The lowest BCUT2D eigenvalue weighted by Crippen LogP contribution is -2.54. The monoisotopic (exact) mass is 256 g/mol. The summed E-state index contributed by atoms with van der Waals surface area (Å²) < 4.78 is 0. The molecule has 1 aliphatic rings. The van der Waals surface area contributed by atoms with Gasteiger partial charge in [0, 0.05) is 32.7 Å². The largest absolute Gasteiger partial charge is 0.355 e. The Balaban J connectivity index is 2.32. The van der Waals surface area contributed by atoms with E-state index in [-0.39, 0.29) is 17.9 Å². The zero-order valence-electron chi connectivity index (χ0n) is 11.3. The van der Waals surface area contributed by atoms with Crippen LogP contribution in [0, 0.1) is 0 Å². The predicted molar refractivity (Wildman–Crippen MR) is 70.0 cm³/mol. The van der Waals surface area contributed by atoms with Gasteiger partial charge in [-0.3, -0.25) is 14.5 Å². The minimum Gasteiger partial charge on any atom is -0.355 e. The number of carbonyl (C=O) groups is 2. The summed E-state index contributed by atoms with van der Waals surface area (Å²) in [7, 11) is 0. The summed E-state index contributed by atoms with van der Waals surface area (Å²) >= 11 is 0. The number of hydrogen-bond acceptors (Lipinski definition) is 4. The van der Waals surface area contributed by atoms with Crippen molar-refractivity contribution < 1.29 is 9.59 Å². The Hall–Kier alpha value is -1.14. The van der Waals surface area contributed by atoms with Crippen molar-refractivity contribution in [3.8, 4) is 0 Å². The molecule has 1 atom stereocenters. The van der Waals surface area contributed by atoms with E-state index in [1.165, 1.54) is 0 Å². The molecule has 0 aromatic carbocycles. The zero-order valence-corrected chi connectivity index (χ0v) is 11.3. The molecule has 0 aromatic rings. The summed E-state index contributed by atoms with van der Waals surface area (Å²) in [5.74, 6) is 0.0673. The minimum atomic E-state index is -0.389. The molecule has 18 heavy (non-hydrogen) atoms. The summed E-state index contributed by atoms with van der Waals surface area (Å²) in [5.41, 5.74) is 5.73. The number of amides is 2. The average molecular weight is 256 g/mol. The highest BCUT2D eigenvalue weighted by Gasteiger charge is 2.24. The number of hydrogen-bond donors (Lipinski definition) is 2. The fourth-order valence-electron chi connectivity index (χ4n) is 1.99. The van der Waals surface area contributed by atoms with Crippen LogP contribution in [0.25, 0.3) is 0 Å². The highest BCUT2D eigenvalue weighted by molar-refractivity contribution is 5.81. The lowest BCUT2D eigenvalue weighted by molar-refractivity contribution is -0.134. The molecule has 1 heterocycles. The van der Waals surface area contributed by atoms with Gasteiger partial charge in [0.1, 0.15) is 0 Å². The first-order valence-corrected chi connectivity index (χ1v) is 6.61. The Morgan fingerprint density at radius 3 is 2.33 bits per heavy atom. The van der Waals surface area contributed by atoms with E-state index in [0.717, 1.165) is 13.1 Å². The zero-order chi connectivity index (χ0) is 13.5. The Labute approximate surface area is 108 Å². The molecule has 3 N–H and O–H groups in total. The van der Waals surface area contributed by atoms with Crippen LogP contribution in [0.2, 0.25) is 0 Å². The second-order valence-electron chi connectivity index (χ2n) is 4.57. The van der Waals surface area contributed by atoms with E-state index in [1.54, 1.807) is 4.90 Å². The van der Waals surface area contributed by atoms with Crippen molar-refractivity contribution in [2.24, 2.45) is 5.73 Å². The number of rotatable bonds is 5. The van der Waals surface area contributed by atoms with E-state index in [4.69, 9.17) is 5.73 Å². The lowest BCUT2D eigenvalue weighted by Gasteiger charge is -2.35. The molecule has 0 saturated carbocycles. The number of nitrogens with one attached hydrogen (secondary N) is 1. The first-order chi connectivity index (χ1) is 8.58. The number of likely N-dealkylation sites (N-methyl/N-ethyl adjacent to an activating group) is 1. The van der Waals surface area contributed by atoms with Gasteiger partial charge in [0.2, 0.25) is 11.8 Å². The van der Waals surface area contributed by atoms with Gasteiger partial charge in [-0.2, -0.15) is 0 Å². The van der Waals surface area contributed by atoms with Gasteiger partial charge in [0.25, 0.3) is 0 Å². The maximum atomic E-state index is 11.9. The average Bonchev–Trinajstić information content (AvgIpc) is 2.38. The predicted octanol–water partition coefficient (Wildman–Crippen LogP) is -0.996. The third kappa shape index (κ3) is 4.27. The van der Waals surface area contributed by atoms with E-state index < -0.39 is 0 Å². The van der Waals surface area contributed by atoms with Gasteiger partial charge >= 0.3 is 0 Å². The molecule has 104 valence electrons. The molecule has 1 saturated heterocycles. The van der Waals surface area contributed by atoms with Crippen LogP contribution in [0.1, 0.15) is 20.3 Å². The van der Waals surface area contributed by atoms with Crippen molar-refractivity contribution in [1.29, 1.82) is 0 Å². The molecule has 0 aliphatic carbocycles. The Bertz CT molecular complexity index is 288. The van der Waals surface area contributed by atoms with Crippen LogP contribution < -0.4 is 11.1 Å². The van der Waals surface area contributed by atoms with Gasteiger partial charge < -0.3 is 16.0 Å². The van der Waals surface area contributed by atoms with Gasteiger partial charge in [-0.25, -0.2) is 0 Å². The molecular weight excluding hydrogens is 232 g/mol. The maximum absolute atomic E-state index is 11.9. The van der Waals surface area contributed by atoms with Crippen LogP contribution in [-0.2, 0) is 9.59 Å². The van der Waals surface area contributed by atoms with Crippen molar-refractivity contribution >= 4 is 11.8 Å². The van der Waals surface area contributed by atoms with E-state index >= 15 is 0 Å². The third-order valence-corrected chi connectivity index (χ3v) is 3.18. The standard InChI is InChI=1S/C12H24N4O2/c1-3-10(13)12(18)16-7-5-15(6-8-16)9-11(17)14-4-2/h10H,3-9,13H2,1-2H3,(H,14,17)/t10-/m1/s1. The molecule has 0 unspecified atom stereocenters. The molecule has 2 amide bonds. The maximum Gasteiger partial charge on any atom is 0.239 e. The molecule has 0 aromatic heterocycles. The molecule has 0 spiro atoms. The van der Waals surface area contributed by atoms with Gasteiger partial charge in [-0.15, -0.1) is 0 Å². The first kappa shape index (κ1) is 14.9. The van der Waals surface area contributed by atoms with Crippen molar-refractivity contribution in [2.75, 3.05) is 39.3 Å². The summed E-state index contributed by atoms with van der Waals surface area (Å²) in [5, 5.41) is 2.77. The summed E-state index contributed by atoms with van der Waals surface area (Å²) in [6, 6.07) is -0.389. The Morgan fingerprint density at radius 2 is 1.83 bits per heavy atom. The number of carbonyl (C=O) groups excluding carboxylic acids is 2. The molecule has 1 rings (SSSR count). The summed E-state index contributed by atoms with van der Waals surface area (Å²) in [6.07, 6.45) is 0.665. The van der Waals surface area contributed by atoms with E-state index in [2.05, 4.69) is 10.2 Å². The van der Waals surface area contributed by atoms with E-state index in [1.807, 2.05) is 13.8 Å². The molecule has 1 aliphatic heterocycles. The molecule has 0 bridgehead atoms. The second kappa shape index (κ2) is 7.33. The molecule has 0 radical (unpaired) electrons. The normalized spacial score (nSPS) is 18.5. The SMILES string of the molecule is CCNC(=O)CN1CCN(C(=O)[C@H](N)CC)CC1. The van der Waals surface area contributed by atoms with Crippen molar-refractivity contribution in [3.63, 3.8) is 0 Å². The summed E-state index contributed by atoms with van der Waals surface area (Å²) in [6.45, 7) is 7.67. The minimum absolute atomic E-state index is 0.0233. The molecule has 1 fully saturated rings. The van der Waals surface area contributed by atoms with E-state index in [0.29, 0.717) is 32.6 Å². The highest BCUT2D eigenvalue weighted by Crippen LogP contribution is 2.04. The van der Waals surface area contributed by atoms with Crippen molar-refractivity contribution in [3.05, 3.63) is 0 Å². The second-order valence-corrected chi connectivity index (χ2v) is 4.57. The smallest absolute Gasteiger partial charge is 0.239 e. The first-order valence-electron chi connectivity index (χ1n) is 6.61. The van der Waals surface area contributed by atoms with Gasteiger partial charge in [-0.05, 0) is 13.3 Å². The Morgan fingerprint density at radius 1 is 1.22 bits per heavy atom. The van der Waals surface area contributed by atoms with Crippen LogP contribution in [0.3, 0.4) is 0 Å². The van der Waals surface area contributed by atoms with Crippen LogP contribution >= 0.6 is 0 Å². The summed E-state index contributed by atoms with van der Waals surface area (Å²) in [4.78, 5) is 27.1. The van der Waals surface area contributed by atoms with Gasteiger partial charge in [0.05, 0.1) is 12.6 Å². The fraction of sp³-hybridized carbons (Fsp3) is 0.833. The van der Waals surface area contributed by atoms with Crippen LogP contribution in [0.5, 0.6) is 0 Å². The molecule has 6 heteroatoms. The highest BCUT2D eigenvalue weighted by atomic mass is 16.2. The topological polar surface area (TPSA) is 78.7 Å². The molecule has 6 nitrogen and oxygen atoms in total. The number of nitrogens with zero attached hydrogens (tertiary/aromatic N) is 2. The lowest BCUT2D eigenvalue weighted by atomic mass is 10.2.